The largest absolute Gasteiger partial charge is 0.472 e. The van der Waals surface area contributed by atoms with Crippen molar-refractivity contribution in [2.75, 3.05) is 13.2 Å². The van der Waals surface area contributed by atoms with Crippen molar-refractivity contribution in [2.24, 2.45) is 0 Å². The molecule has 0 bridgehead atoms. The van der Waals surface area contributed by atoms with Crippen molar-refractivity contribution in [3.8, 4) is 5.88 Å². The van der Waals surface area contributed by atoms with Crippen molar-refractivity contribution in [1.82, 2.24) is 15.3 Å². The van der Waals surface area contributed by atoms with Crippen molar-refractivity contribution in [3.63, 3.8) is 0 Å². The number of carbonyl (C=O) groups is 1. The second kappa shape index (κ2) is 9.25. The van der Waals surface area contributed by atoms with Crippen molar-refractivity contribution >= 4 is 40.7 Å². The van der Waals surface area contributed by atoms with Crippen LogP contribution in [-0.2, 0) is 6.18 Å². The average molecular weight is 441 g/mol. The molecule has 0 spiro atoms. The number of pyridine rings is 2. The highest BCUT2D eigenvalue weighted by atomic mass is 35.5. The molecule has 0 aliphatic rings. The van der Waals surface area contributed by atoms with Crippen LogP contribution in [0.2, 0.25) is 15.2 Å². The second-order valence-corrected chi connectivity index (χ2v) is 6.19. The van der Waals surface area contributed by atoms with Crippen molar-refractivity contribution < 1.29 is 22.7 Å². The van der Waals surface area contributed by atoms with Crippen molar-refractivity contribution in [1.29, 1.82) is 0 Å². The van der Waals surface area contributed by atoms with Gasteiger partial charge in [-0.05, 0) is 18.2 Å². The zero-order chi connectivity index (χ0) is 20.0. The van der Waals surface area contributed by atoms with Crippen LogP contribution in [0.25, 0.3) is 0 Å². The van der Waals surface area contributed by atoms with E-state index in [2.05, 4.69) is 15.3 Å². The Bertz CT molecular complexity index is 861. The molecule has 0 radical (unpaired) electrons. The highest BCUT2D eigenvalue weighted by molar-refractivity contribution is 6.36. The number of ether oxygens (including phenoxy) is 1. The fraction of sp³-hybridized carbons (Fsp3) is 0.188. The third kappa shape index (κ3) is 6.27. The van der Waals surface area contributed by atoms with Gasteiger partial charge in [0.2, 0.25) is 5.88 Å². The van der Waals surface area contributed by atoms with Gasteiger partial charge < -0.3 is 10.1 Å². The number of nitrogens with one attached hydrogen (secondary N) is 1. The lowest BCUT2D eigenvalue weighted by atomic mass is 10.2. The normalized spacial score (nSPS) is 11.6. The number of rotatable bonds is 6. The fourth-order valence-electron chi connectivity index (χ4n) is 1.79. The van der Waals surface area contributed by atoms with Gasteiger partial charge in [0, 0.05) is 18.9 Å². The first-order valence-corrected chi connectivity index (χ1v) is 8.41. The molecule has 0 unspecified atom stereocenters. The summed E-state index contributed by atoms with van der Waals surface area (Å²) in [6.07, 6.45) is 0.473. The molecule has 27 heavy (non-hydrogen) atoms. The van der Waals surface area contributed by atoms with Gasteiger partial charge in [0.1, 0.15) is 16.8 Å². The van der Waals surface area contributed by atoms with E-state index in [-0.39, 0.29) is 39.8 Å². The zero-order valence-electron chi connectivity index (χ0n) is 13.4. The fourth-order valence-corrected chi connectivity index (χ4v) is 2.46. The number of carbonyl (C=O) groups excluding carboxylic acids is 1. The highest BCUT2D eigenvalue weighted by Gasteiger charge is 2.31. The summed E-state index contributed by atoms with van der Waals surface area (Å²) < 4.78 is 42.7. The van der Waals surface area contributed by atoms with E-state index in [1.54, 1.807) is 6.08 Å². The maximum atomic E-state index is 12.5. The lowest BCUT2D eigenvalue weighted by molar-refractivity contribution is -0.137. The molecule has 1 N–H and O–H groups in total. The van der Waals surface area contributed by atoms with E-state index in [1.165, 1.54) is 18.3 Å². The lowest BCUT2D eigenvalue weighted by Gasteiger charge is -2.09. The maximum Gasteiger partial charge on any atom is 0.417 e. The van der Waals surface area contributed by atoms with Gasteiger partial charge in [-0.2, -0.15) is 13.2 Å². The average Bonchev–Trinajstić information content (AvgIpc) is 2.58. The molecular weight excluding hydrogens is 430 g/mol. The van der Waals surface area contributed by atoms with Crippen LogP contribution in [0.4, 0.5) is 13.2 Å². The number of aromatic nitrogens is 2. The molecule has 0 saturated carbocycles. The first kappa shape index (κ1) is 21.3. The standard InChI is InChI=1S/C16H11Cl3F3N3O2/c17-11-6-13(19)24-8-10(11)14(26)23-3-1-2-4-27-15-12(18)5-9(7-25-15)16(20,21)22/h1-2,5-8H,3-4H2,(H,23,26)/b2-1+. The summed E-state index contributed by atoms with van der Waals surface area (Å²) >= 11 is 17.3. The molecule has 2 rings (SSSR count). The van der Waals surface area contributed by atoms with Gasteiger partial charge in [-0.1, -0.05) is 40.9 Å². The summed E-state index contributed by atoms with van der Waals surface area (Å²) in [5, 5.41) is 2.66. The molecule has 0 aliphatic carbocycles. The predicted octanol–water partition coefficient (Wildman–Crippen LogP) is 4.82. The van der Waals surface area contributed by atoms with Crippen molar-refractivity contribution in [3.05, 3.63) is 63.0 Å². The molecular formula is C16H11Cl3F3N3O2. The number of amides is 1. The van der Waals surface area contributed by atoms with Crippen molar-refractivity contribution in [2.45, 2.75) is 6.18 Å². The van der Waals surface area contributed by atoms with E-state index in [0.29, 0.717) is 6.20 Å². The molecule has 0 atom stereocenters. The zero-order valence-corrected chi connectivity index (χ0v) is 15.6. The van der Waals surface area contributed by atoms with Crippen LogP contribution >= 0.6 is 34.8 Å². The number of hydrogen-bond acceptors (Lipinski definition) is 4. The Kier molecular flexibility index (Phi) is 7.29. The Hall–Kier alpha value is -2.03. The van der Waals surface area contributed by atoms with E-state index in [4.69, 9.17) is 39.5 Å². The van der Waals surface area contributed by atoms with Crippen LogP contribution in [0, 0.1) is 0 Å². The van der Waals surface area contributed by atoms with Gasteiger partial charge in [-0.3, -0.25) is 4.79 Å². The van der Waals surface area contributed by atoms with E-state index < -0.39 is 17.6 Å². The molecule has 0 saturated heterocycles. The summed E-state index contributed by atoms with van der Waals surface area (Å²) in [5.41, 5.74) is -0.792. The molecule has 2 heterocycles. The van der Waals surface area contributed by atoms with Crippen LogP contribution in [-0.4, -0.2) is 29.0 Å². The summed E-state index contributed by atoms with van der Waals surface area (Å²) in [6.45, 7) is 0.159. The van der Waals surface area contributed by atoms with E-state index >= 15 is 0 Å². The number of hydrogen-bond donors (Lipinski definition) is 1. The number of nitrogens with zero attached hydrogens (tertiary/aromatic N) is 2. The molecule has 0 fully saturated rings. The molecule has 5 nitrogen and oxygen atoms in total. The van der Waals surface area contributed by atoms with E-state index in [0.717, 1.165) is 6.07 Å². The summed E-state index contributed by atoms with van der Waals surface area (Å²) in [7, 11) is 0. The predicted molar refractivity (Wildman–Crippen MR) is 95.5 cm³/mol. The topological polar surface area (TPSA) is 64.1 Å². The van der Waals surface area contributed by atoms with Gasteiger partial charge in [-0.15, -0.1) is 0 Å². The van der Waals surface area contributed by atoms with Crippen LogP contribution < -0.4 is 10.1 Å². The van der Waals surface area contributed by atoms with Crippen LogP contribution in [0.3, 0.4) is 0 Å². The molecule has 1 amide bonds. The monoisotopic (exact) mass is 439 g/mol. The van der Waals surface area contributed by atoms with Gasteiger partial charge >= 0.3 is 6.18 Å². The van der Waals surface area contributed by atoms with Crippen LogP contribution in [0.15, 0.2) is 36.7 Å². The molecule has 2 aromatic heterocycles. The number of alkyl halides is 3. The number of halogens is 6. The molecule has 0 aromatic carbocycles. The molecule has 2 aromatic rings. The summed E-state index contributed by atoms with van der Waals surface area (Å²) in [4.78, 5) is 19.2. The lowest BCUT2D eigenvalue weighted by Crippen LogP contribution is -2.23. The third-order valence-corrected chi connectivity index (χ3v) is 3.85. The Morgan fingerprint density at radius 3 is 2.48 bits per heavy atom. The van der Waals surface area contributed by atoms with Gasteiger partial charge in [0.15, 0.2) is 0 Å². The quantitative estimate of drug-likeness (QED) is 0.517. The first-order valence-electron chi connectivity index (χ1n) is 7.28. The molecule has 11 heteroatoms. The van der Waals surface area contributed by atoms with Crippen LogP contribution in [0.5, 0.6) is 5.88 Å². The van der Waals surface area contributed by atoms with E-state index in [1.807, 2.05) is 0 Å². The molecule has 144 valence electrons. The minimum absolute atomic E-state index is 0.00277. The summed E-state index contributed by atoms with van der Waals surface area (Å²) in [5.74, 6) is -0.570. The second-order valence-electron chi connectivity index (χ2n) is 4.99. The van der Waals surface area contributed by atoms with Gasteiger partial charge in [0.05, 0.1) is 16.1 Å². The SMILES string of the molecule is O=C(NC/C=C/COc1ncc(C(F)(F)F)cc1Cl)c1cnc(Cl)cc1Cl. The summed E-state index contributed by atoms with van der Waals surface area (Å²) in [6, 6.07) is 2.08. The Labute approximate surface area is 167 Å². The molecule has 0 aliphatic heterocycles. The third-order valence-electron chi connectivity index (χ3n) is 3.06. The Morgan fingerprint density at radius 1 is 1.11 bits per heavy atom. The Morgan fingerprint density at radius 2 is 1.85 bits per heavy atom. The van der Waals surface area contributed by atoms with Gasteiger partial charge in [0.25, 0.3) is 5.91 Å². The maximum absolute atomic E-state index is 12.5. The van der Waals surface area contributed by atoms with Crippen LogP contribution in [0.1, 0.15) is 15.9 Å². The minimum atomic E-state index is -4.53. The smallest absolute Gasteiger partial charge is 0.417 e. The minimum Gasteiger partial charge on any atom is -0.472 e. The van der Waals surface area contributed by atoms with E-state index in [9.17, 15) is 18.0 Å². The van der Waals surface area contributed by atoms with Gasteiger partial charge in [-0.25, -0.2) is 9.97 Å². The highest BCUT2D eigenvalue weighted by Crippen LogP contribution is 2.33. The first-order chi connectivity index (χ1) is 12.7. The Balaban J connectivity index is 1.80.